The van der Waals surface area contributed by atoms with E-state index >= 15 is 0 Å². The predicted molar refractivity (Wildman–Crippen MR) is 106 cm³/mol. The highest BCUT2D eigenvalue weighted by atomic mass is 19.1. The molecule has 0 aromatic heterocycles. The maximum absolute atomic E-state index is 13.9. The van der Waals surface area contributed by atoms with Gasteiger partial charge in [-0.2, -0.15) is 0 Å². The average molecular weight is 384 g/mol. The summed E-state index contributed by atoms with van der Waals surface area (Å²) in [4.78, 5) is 27.1. The average Bonchev–Trinajstić information content (AvgIpc) is 3.13. The van der Waals surface area contributed by atoms with Crippen molar-refractivity contribution in [2.24, 2.45) is 0 Å². The Morgan fingerprint density at radius 3 is 2.61 bits per heavy atom. The highest BCUT2D eigenvalue weighted by molar-refractivity contribution is 6.05. The lowest BCUT2D eigenvalue weighted by molar-refractivity contribution is 0.000339. The molecule has 2 N–H and O–H groups in total. The fraction of sp³-hybridized carbons (Fsp3) is 0.364. The van der Waals surface area contributed by atoms with Crippen molar-refractivity contribution in [3.63, 3.8) is 0 Å². The fourth-order valence-electron chi connectivity index (χ4n) is 3.63. The summed E-state index contributed by atoms with van der Waals surface area (Å²) in [5.41, 5.74) is 0.601. The molecule has 148 valence electrons. The first kappa shape index (κ1) is 20.0. The largest absolute Gasteiger partial charge is 0.388 e. The number of likely N-dealkylation sites (tertiary alicyclic amines) is 1. The molecule has 2 aromatic rings. The van der Waals surface area contributed by atoms with Crippen LogP contribution in [0.1, 0.15) is 53.0 Å². The van der Waals surface area contributed by atoms with Gasteiger partial charge in [-0.05, 0) is 63.4 Å². The van der Waals surface area contributed by atoms with Crippen LogP contribution in [-0.4, -0.2) is 40.0 Å². The molecule has 1 aliphatic rings. The van der Waals surface area contributed by atoms with Gasteiger partial charge in [0.05, 0.1) is 17.2 Å². The number of halogens is 1. The number of nitrogens with zero attached hydrogens (tertiary/aromatic N) is 1. The second-order valence-corrected chi connectivity index (χ2v) is 7.77. The fourth-order valence-corrected chi connectivity index (χ4v) is 3.63. The molecule has 0 saturated carbocycles. The number of hydrogen-bond acceptors (Lipinski definition) is 3. The number of hydrogen-bond donors (Lipinski definition) is 2. The van der Waals surface area contributed by atoms with Crippen LogP contribution in [0.3, 0.4) is 0 Å². The van der Waals surface area contributed by atoms with Crippen LogP contribution in [0.25, 0.3) is 0 Å². The van der Waals surface area contributed by atoms with E-state index in [-0.39, 0.29) is 17.5 Å². The van der Waals surface area contributed by atoms with Gasteiger partial charge in [0.15, 0.2) is 0 Å². The number of benzene rings is 2. The third-order valence-corrected chi connectivity index (χ3v) is 5.18. The molecule has 0 spiro atoms. The summed E-state index contributed by atoms with van der Waals surface area (Å²) >= 11 is 0. The lowest BCUT2D eigenvalue weighted by Crippen LogP contribution is -2.48. The Bertz CT molecular complexity index is 905. The normalized spacial score (nSPS) is 16.9. The van der Waals surface area contributed by atoms with Crippen molar-refractivity contribution in [2.75, 3.05) is 11.9 Å². The van der Waals surface area contributed by atoms with E-state index in [0.29, 0.717) is 17.8 Å². The molecule has 28 heavy (non-hydrogen) atoms. The SMILES string of the molecule is Cc1ccc(C(=O)N2CCC[C@@H]2C(C)(C)O)cc1NC(=O)c1ccccc1F. The molecule has 0 unspecified atom stereocenters. The number of carbonyl (C=O) groups excluding carboxylic acids is 2. The third-order valence-electron chi connectivity index (χ3n) is 5.18. The zero-order chi connectivity index (χ0) is 20.5. The predicted octanol–water partition coefficient (Wildman–Crippen LogP) is 3.76. The van der Waals surface area contributed by atoms with Crippen LogP contribution in [0.5, 0.6) is 0 Å². The number of anilines is 1. The highest BCUT2D eigenvalue weighted by Crippen LogP contribution is 2.29. The lowest BCUT2D eigenvalue weighted by atomic mass is 9.96. The molecule has 0 radical (unpaired) electrons. The van der Waals surface area contributed by atoms with Crippen LogP contribution in [-0.2, 0) is 0 Å². The molecule has 1 aliphatic heterocycles. The summed E-state index contributed by atoms with van der Waals surface area (Å²) in [6.45, 7) is 5.80. The van der Waals surface area contributed by atoms with Gasteiger partial charge < -0.3 is 15.3 Å². The number of rotatable bonds is 4. The van der Waals surface area contributed by atoms with Gasteiger partial charge in [0.2, 0.25) is 0 Å². The minimum Gasteiger partial charge on any atom is -0.388 e. The van der Waals surface area contributed by atoms with E-state index < -0.39 is 17.3 Å². The Balaban J connectivity index is 1.84. The summed E-state index contributed by atoms with van der Waals surface area (Å²) in [6.07, 6.45) is 1.58. The van der Waals surface area contributed by atoms with Gasteiger partial charge in [0.25, 0.3) is 11.8 Å². The van der Waals surface area contributed by atoms with E-state index in [1.807, 2.05) is 0 Å². The maximum atomic E-state index is 13.9. The van der Waals surface area contributed by atoms with Crippen molar-refractivity contribution in [1.29, 1.82) is 0 Å². The molecule has 1 fully saturated rings. The van der Waals surface area contributed by atoms with Crippen LogP contribution < -0.4 is 5.32 Å². The van der Waals surface area contributed by atoms with Gasteiger partial charge in [-0.25, -0.2) is 4.39 Å². The molecule has 1 heterocycles. The number of carbonyl (C=O) groups is 2. The molecule has 3 rings (SSSR count). The summed E-state index contributed by atoms with van der Waals surface area (Å²) in [6, 6.07) is 10.6. The van der Waals surface area contributed by atoms with Crippen molar-refractivity contribution in [3.8, 4) is 0 Å². The topological polar surface area (TPSA) is 69.6 Å². The van der Waals surface area contributed by atoms with Crippen molar-refractivity contribution in [2.45, 2.75) is 45.3 Å². The van der Waals surface area contributed by atoms with Crippen molar-refractivity contribution in [3.05, 3.63) is 65.0 Å². The molecule has 0 bridgehead atoms. The Morgan fingerprint density at radius 1 is 1.21 bits per heavy atom. The maximum Gasteiger partial charge on any atom is 0.258 e. The van der Waals surface area contributed by atoms with Crippen LogP contribution >= 0.6 is 0 Å². The molecule has 2 amide bonds. The molecule has 1 atom stereocenters. The van der Waals surface area contributed by atoms with Crippen LogP contribution in [0, 0.1) is 12.7 Å². The standard InChI is InChI=1S/C22H25FN2O3/c1-14-10-11-15(21(27)25-12-6-9-19(25)22(2,3)28)13-18(14)24-20(26)16-7-4-5-8-17(16)23/h4-5,7-8,10-11,13,19,28H,6,9,12H2,1-3H3,(H,24,26)/t19-/m1/s1. The van der Waals surface area contributed by atoms with Gasteiger partial charge >= 0.3 is 0 Å². The molecular formula is C22H25FN2O3. The van der Waals surface area contributed by atoms with Crippen molar-refractivity contribution >= 4 is 17.5 Å². The Kier molecular flexibility index (Phi) is 5.52. The van der Waals surface area contributed by atoms with Crippen LogP contribution in [0.2, 0.25) is 0 Å². The van der Waals surface area contributed by atoms with Gasteiger partial charge in [-0.15, -0.1) is 0 Å². The summed E-state index contributed by atoms with van der Waals surface area (Å²) < 4.78 is 13.9. The minimum absolute atomic E-state index is 0.0553. The first-order valence-electron chi connectivity index (χ1n) is 9.38. The van der Waals surface area contributed by atoms with Crippen molar-refractivity contribution in [1.82, 2.24) is 4.90 Å². The van der Waals surface area contributed by atoms with E-state index in [2.05, 4.69) is 5.32 Å². The Morgan fingerprint density at radius 2 is 1.93 bits per heavy atom. The quantitative estimate of drug-likeness (QED) is 0.843. The molecule has 1 saturated heterocycles. The summed E-state index contributed by atoms with van der Waals surface area (Å²) in [5, 5.41) is 13.1. The molecule has 6 heteroatoms. The van der Waals surface area contributed by atoms with Gasteiger partial charge in [-0.1, -0.05) is 18.2 Å². The van der Waals surface area contributed by atoms with Crippen LogP contribution in [0.4, 0.5) is 10.1 Å². The number of nitrogens with one attached hydrogen (secondary N) is 1. The zero-order valence-electron chi connectivity index (χ0n) is 16.3. The molecule has 0 aliphatic carbocycles. The lowest BCUT2D eigenvalue weighted by Gasteiger charge is -2.34. The van der Waals surface area contributed by atoms with E-state index in [9.17, 15) is 19.1 Å². The Hall–Kier alpha value is -2.73. The van der Waals surface area contributed by atoms with Crippen LogP contribution in [0.15, 0.2) is 42.5 Å². The number of aryl methyl sites for hydroxylation is 1. The summed E-state index contributed by atoms with van der Waals surface area (Å²) in [7, 11) is 0. The third kappa shape index (κ3) is 4.07. The van der Waals surface area contributed by atoms with Gasteiger partial charge in [0, 0.05) is 17.8 Å². The Labute approximate surface area is 164 Å². The number of amides is 2. The minimum atomic E-state index is -0.987. The van der Waals surface area contributed by atoms with E-state index in [1.165, 1.54) is 18.2 Å². The zero-order valence-corrected chi connectivity index (χ0v) is 16.3. The van der Waals surface area contributed by atoms with Crippen molar-refractivity contribution < 1.29 is 19.1 Å². The molecule has 5 nitrogen and oxygen atoms in total. The molecule has 2 aromatic carbocycles. The van der Waals surface area contributed by atoms with Gasteiger partial charge in [0.1, 0.15) is 5.82 Å². The van der Waals surface area contributed by atoms with E-state index in [0.717, 1.165) is 18.4 Å². The second kappa shape index (κ2) is 7.72. The van der Waals surface area contributed by atoms with E-state index in [4.69, 9.17) is 0 Å². The summed E-state index contributed by atoms with van der Waals surface area (Å²) in [5.74, 6) is -1.36. The second-order valence-electron chi connectivity index (χ2n) is 7.77. The molecular weight excluding hydrogens is 359 g/mol. The monoisotopic (exact) mass is 384 g/mol. The first-order chi connectivity index (χ1) is 13.2. The highest BCUT2D eigenvalue weighted by Gasteiger charge is 2.38. The van der Waals surface area contributed by atoms with Gasteiger partial charge in [-0.3, -0.25) is 9.59 Å². The van der Waals surface area contributed by atoms with E-state index in [1.54, 1.807) is 49.9 Å². The smallest absolute Gasteiger partial charge is 0.258 e. The first-order valence-corrected chi connectivity index (χ1v) is 9.38. The number of aliphatic hydroxyl groups is 1.